The maximum absolute atomic E-state index is 3.40. The molecule has 1 atom stereocenters. The number of allylic oxidation sites excluding steroid dienone is 4. The van der Waals surface area contributed by atoms with Gasteiger partial charge < -0.3 is 24.8 Å². The third-order valence-corrected chi connectivity index (χ3v) is 9.57. The van der Waals surface area contributed by atoms with Crippen molar-refractivity contribution in [2.75, 3.05) is 0 Å². The second kappa shape index (κ2) is 16.3. The van der Waals surface area contributed by atoms with Crippen molar-refractivity contribution in [2.24, 2.45) is 11.3 Å². The molecule has 4 aromatic carbocycles. The van der Waals surface area contributed by atoms with E-state index in [1.165, 1.54) is 80.0 Å². The summed E-state index contributed by atoms with van der Waals surface area (Å²) in [6.07, 6.45) is 6.90. The molecule has 0 heterocycles. The Bertz CT molecular complexity index is 1510. The van der Waals surface area contributed by atoms with Crippen LogP contribution in [0.2, 0.25) is 0 Å². The zero-order chi connectivity index (χ0) is 31.5. The van der Waals surface area contributed by atoms with Crippen molar-refractivity contribution < 1.29 is 49.0 Å². The second-order valence-corrected chi connectivity index (χ2v) is 16.3. The average molecular weight is 707 g/mol. The van der Waals surface area contributed by atoms with E-state index in [2.05, 4.69) is 168 Å². The quantitative estimate of drug-likeness (QED) is 0.230. The van der Waals surface area contributed by atoms with Crippen molar-refractivity contribution in [3.63, 3.8) is 0 Å². The standard InChI is InChI=1S/C21H25.C11H17.C9H10.2ClH.Zr/c1-20(2,3)16-9-7-14-11-15-8-10-17(21(4,5)6)13-19(15)18(14)12-16;1-8-6-9(2)10(7-8)11(3,4)5;1-2-6-9-7-4-3-5-8-9;;;/h7-13H,1-6H3;7-8H,1-5H3;3-5,7-8H,2H2,1H3;2*1H;/q2*-1;;;;+2/p-2. The van der Waals surface area contributed by atoms with Crippen molar-refractivity contribution in [1.82, 2.24) is 0 Å². The van der Waals surface area contributed by atoms with Gasteiger partial charge in [0.25, 0.3) is 0 Å². The summed E-state index contributed by atoms with van der Waals surface area (Å²) in [6, 6.07) is 26.7. The summed E-state index contributed by atoms with van der Waals surface area (Å²) >= 11 is 1.54. The van der Waals surface area contributed by atoms with Crippen LogP contribution >= 0.6 is 0 Å². The van der Waals surface area contributed by atoms with Crippen LogP contribution in [0.25, 0.3) is 21.5 Å². The van der Waals surface area contributed by atoms with E-state index in [1.807, 2.05) is 0 Å². The van der Waals surface area contributed by atoms with Crippen LogP contribution in [0.15, 0.2) is 90.0 Å². The molecule has 0 bridgehead atoms. The Morgan fingerprint density at radius 3 is 1.50 bits per heavy atom. The normalized spacial score (nSPS) is 14.7. The molecule has 1 aliphatic carbocycles. The molecule has 0 fully saturated rings. The summed E-state index contributed by atoms with van der Waals surface area (Å²) in [5.74, 6) is 0.518. The summed E-state index contributed by atoms with van der Waals surface area (Å²) in [4.78, 5) is 0. The van der Waals surface area contributed by atoms with Crippen LogP contribution in [0.4, 0.5) is 0 Å². The minimum atomic E-state index is 0. The van der Waals surface area contributed by atoms with Crippen molar-refractivity contribution in [3.8, 4) is 0 Å². The van der Waals surface area contributed by atoms with Gasteiger partial charge in [-0.1, -0.05) is 123 Å². The molecular formula is C41H52Cl2Zr-2. The zero-order valence-electron chi connectivity index (χ0n) is 29.0. The summed E-state index contributed by atoms with van der Waals surface area (Å²) < 4.78 is 1.55. The van der Waals surface area contributed by atoms with Crippen LogP contribution in [0.5, 0.6) is 0 Å². The molecule has 0 saturated heterocycles. The van der Waals surface area contributed by atoms with Gasteiger partial charge in [0.15, 0.2) is 0 Å². The Hall–Kier alpha value is -1.66. The number of fused-ring (bicyclic) bond motifs is 3. The third kappa shape index (κ3) is 10.7. The Morgan fingerprint density at radius 1 is 0.727 bits per heavy atom. The fourth-order valence-corrected chi connectivity index (χ4v) is 5.83. The van der Waals surface area contributed by atoms with E-state index in [1.54, 1.807) is 3.21 Å². The first-order chi connectivity index (χ1) is 19.4. The topological polar surface area (TPSA) is 0 Å². The molecule has 0 spiro atoms. The Morgan fingerprint density at radius 2 is 1.18 bits per heavy atom. The van der Waals surface area contributed by atoms with Crippen LogP contribution in [-0.4, -0.2) is 3.21 Å². The molecule has 0 radical (unpaired) electrons. The van der Waals surface area contributed by atoms with Gasteiger partial charge in [-0.2, -0.15) is 11.6 Å². The molecule has 236 valence electrons. The molecule has 4 aromatic rings. The van der Waals surface area contributed by atoms with Gasteiger partial charge in [-0.05, 0) is 10.8 Å². The molecule has 0 aliphatic heterocycles. The molecule has 0 N–H and O–H groups in total. The van der Waals surface area contributed by atoms with Crippen molar-refractivity contribution in [1.29, 1.82) is 0 Å². The summed E-state index contributed by atoms with van der Waals surface area (Å²) in [7, 11) is 0. The summed E-state index contributed by atoms with van der Waals surface area (Å²) in [5.41, 5.74) is 7.70. The van der Waals surface area contributed by atoms with E-state index in [9.17, 15) is 0 Å². The van der Waals surface area contributed by atoms with Crippen molar-refractivity contribution in [2.45, 2.75) is 100 Å². The third-order valence-electron chi connectivity index (χ3n) is 7.99. The first-order valence-electron chi connectivity index (χ1n) is 15.5. The fourth-order valence-electron chi connectivity index (χ4n) is 5.42. The van der Waals surface area contributed by atoms with E-state index < -0.39 is 0 Å². The van der Waals surface area contributed by atoms with Crippen molar-refractivity contribution >= 4 is 24.8 Å². The Labute approximate surface area is 296 Å². The van der Waals surface area contributed by atoms with Gasteiger partial charge >= 0.3 is 76.7 Å². The van der Waals surface area contributed by atoms with Gasteiger partial charge in [-0.15, -0.1) is 39.7 Å². The van der Waals surface area contributed by atoms with Crippen LogP contribution in [-0.2, 0) is 35.1 Å². The first-order valence-corrected chi connectivity index (χ1v) is 16.7. The van der Waals surface area contributed by atoms with Crippen molar-refractivity contribution in [3.05, 3.63) is 113 Å². The molecule has 1 aliphatic rings. The summed E-state index contributed by atoms with van der Waals surface area (Å²) in [6.45, 7) is 27.0. The van der Waals surface area contributed by atoms with E-state index in [0.717, 1.165) is 0 Å². The van der Waals surface area contributed by atoms with Crippen LogP contribution < -0.4 is 24.8 Å². The maximum atomic E-state index is 3.40. The van der Waals surface area contributed by atoms with E-state index >= 15 is 0 Å². The molecular weight excluding hydrogens is 655 g/mol. The largest absolute Gasteiger partial charge is 1.00 e. The number of benzene rings is 3. The van der Waals surface area contributed by atoms with Crippen LogP contribution in [0.3, 0.4) is 0 Å². The summed E-state index contributed by atoms with van der Waals surface area (Å²) in [5, 5.41) is 5.49. The monoisotopic (exact) mass is 704 g/mol. The molecule has 1 unspecified atom stereocenters. The van der Waals surface area contributed by atoms with Crippen LogP contribution in [0, 0.1) is 17.4 Å². The molecule has 5 rings (SSSR count). The molecule has 0 amide bonds. The van der Waals surface area contributed by atoms with Gasteiger partial charge in [0, 0.05) is 0 Å². The smallest absolute Gasteiger partial charge is 1.00 e. The van der Waals surface area contributed by atoms with Gasteiger partial charge in [-0.25, -0.2) is 5.57 Å². The predicted molar refractivity (Wildman–Crippen MR) is 184 cm³/mol. The molecule has 0 nitrogen and oxygen atoms in total. The number of hydrogen-bond acceptors (Lipinski definition) is 0. The van der Waals surface area contributed by atoms with E-state index in [4.69, 9.17) is 0 Å². The number of hydrogen-bond donors (Lipinski definition) is 0. The van der Waals surface area contributed by atoms with Gasteiger partial charge in [0.1, 0.15) is 0 Å². The minimum absolute atomic E-state index is 0. The molecule has 3 heteroatoms. The van der Waals surface area contributed by atoms with E-state index in [0.29, 0.717) is 11.3 Å². The van der Waals surface area contributed by atoms with Gasteiger partial charge in [0.2, 0.25) is 0 Å². The fraction of sp³-hybridized carbons (Fsp3) is 0.415. The van der Waals surface area contributed by atoms with Crippen LogP contribution in [0.1, 0.15) is 106 Å². The molecule has 0 aromatic heterocycles. The average Bonchev–Trinajstić information content (AvgIpc) is 3.46. The van der Waals surface area contributed by atoms with Gasteiger partial charge in [0.05, 0.1) is 0 Å². The first kappa shape index (κ1) is 40.4. The minimum Gasteiger partial charge on any atom is -1.00 e. The Balaban J connectivity index is 0.000000358. The maximum Gasteiger partial charge on any atom is -1.00 e. The zero-order valence-corrected chi connectivity index (χ0v) is 33.0. The number of halogens is 2. The Kier molecular flexibility index (Phi) is 14.9. The van der Waals surface area contributed by atoms with Gasteiger partial charge in [-0.3, -0.25) is 6.08 Å². The predicted octanol–water partition coefficient (Wildman–Crippen LogP) is 5.84. The van der Waals surface area contributed by atoms with E-state index in [-0.39, 0.29) is 35.6 Å². The second-order valence-electron chi connectivity index (χ2n) is 14.8. The molecule has 0 saturated carbocycles. The molecule has 44 heavy (non-hydrogen) atoms. The number of rotatable bonds is 2. The SMILES string of the molecule is CC(C)(C)c1ccc2[cH-]c3ccc(C(C)(C)C)cc3c2c1.CC1=[C-]C(C)C=C1C(C)(C)C.CC[C](=[Zr+2])c1ccccc1.[Cl-].[Cl-].